The number of aromatic nitrogens is 1. The van der Waals surface area contributed by atoms with E-state index in [1.165, 1.54) is 6.08 Å². The minimum Gasteiger partial charge on any atom is -0.396 e. The largest absolute Gasteiger partial charge is 0.396 e. The van der Waals surface area contributed by atoms with Gasteiger partial charge in [0, 0.05) is 30.3 Å². The van der Waals surface area contributed by atoms with Crippen LogP contribution < -0.4 is 5.32 Å². The van der Waals surface area contributed by atoms with Gasteiger partial charge in [0.05, 0.1) is 5.01 Å². The number of thiazole rings is 1. The van der Waals surface area contributed by atoms with Gasteiger partial charge < -0.3 is 10.4 Å². The molecule has 94 valence electrons. The quantitative estimate of drug-likeness (QED) is 0.758. The molecule has 1 amide bonds. The lowest BCUT2D eigenvalue weighted by Gasteiger charge is -2.09. The van der Waals surface area contributed by atoms with E-state index in [-0.39, 0.29) is 12.5 Å². The summed E-state index contributed by atoms with van der Waals surface area (Å²) in [6.07, 6.45) is 5.73. The molecule has 0 aliphatic carbocycles. The fraction of sp³-hybridized carbons (Fsp3) is 0.500. The molecule has 1 aromatic rings. The van der Waals surface area contributed by atoms with Gasteiger partial charge >= 0.3 is 0 Å². The average Bonchev–Trinajstić information content (AvgIpc) is 2.70. The molecule has 1 unspecified atom stereocenters. The Morgan fingerprint density at radius 3 is 3.06 bits per heavy atom. The first kappa shape index (κ1) is 13.9. The van der Waals surface area contributed by atoms with E-state index in [2.05, 4.69) is 10.3 Å². The number of nitrogens with zero attached hydrogens (tertiary/aromatic N) is 1. The average molecular weight is 254 g/mol. The fourth-order valence-corrected chi connectivity index (χ4v) is 1.96. The molecule has 4 nitrogen and oxygen atoms in total. The first-order valence-corrected chi connectivity index (χ1v) is 6.42. The smallest absolute Gasteiger partial charge is 0.244 e. The van der Waals surface area contributed by atoms with Gasteiger partial charge in [0.25, 0.3) is 0 Å². The Bertz CT molecular complexity index is 388. The Balaban J connectivity index is 2.32. The monoisotopic (exact) mass is 254 g/mol. The summed E-state index contributed by atoms with van der Waals surface area (Å²) in [5, 5.41) is 12.5. The Hall–Kier alpha value is -1.20. The second-order valence-electron chi connectivity index (χ2n) is 3.98. The molecule has 0 saturated carbocycles. The molecule has 0 saturated heterocycles. The molecule has 2 N–H and O–H groups in total. The van der Waals surface area contributed by atoms with E-state index in [1.807, 2.05) is 13.8 Å². The predicted octanol–water partition coefficient (Wildman–Crippen LogP) is 1.60. The second-order valence-corrected chi connectivity index (χ2v) is 5.24. The topological polar surface area (TPSA) is 62.2 Å². The number of nitrogens with one attached hydrogen (secondary N) is 1. The molecule has 1 rings (SSSR count). The first-order valence-electron chi connectivity index (χ1n) is 5.61. The number of aliphatic hydroxyl groups excluding tert-OH is 1. The van der Waals surface area contributed by atoms with Crippen molar-refractivity contribution in [3.05, 3.63) is 22.2 Å². The zero-order valence-corrected chi connectivity index (χ0v) is 11.0. The summed E-state index contributed by atoms with van der Waals surface area (Å²) in [6.45, 7) is 4.67. The van der Waals surface area contributed by atoms with Gasteiger partial charge in [-0.15, -0.1) is 11.3 Å². The molecule has 0 aliphatic heterocycles. The predicted molar refractivity (Wildman–Crippen MR) is 69.8 cm³/mol. The van der Waals surface area contributed by atoms with Crippen LogP contribution in [0.1, 0.15) is 23.2 Å². The summed E-state index contributed by atoms with van der Waals surface area (Å²) in [5.41, 5.74) is 0. The lowest BCUT2D eigenvalue weighted by Crippen LogP contribution is -2.26. The van der Waals surface area contributed by atoms with E-state index in [0.29, 0.717) is 18.9 Å². The normalized spacial score (nSPS) is 12.9. The molecule has 0 spiro atoms. The molecule has 1 aromatic heterocycles. The number of carbonyl (C=O) groups is 1. The fourth-order valence-electron chi connectivity index (χ4n) is 1.27. The van der Waals surface area contributed by atoms with Crippen molar-refractivity contribution in [2.45, 2.75) is 20.3 Å². The summed E-state index contributed by atoms with van der Waals surface area (Å²) in [5.74, 6) is 0.184. The van der Waals surface area contributed by atoms with Gasteiger partial charge in [0.15, 0.2) is 0 Å². The standard InChI is InChI=1S/C12H18N2O2S/c1-9(5-6-15)7-14-12(16)4-3-11-8-13-10(2)17-11/h3-4,8-9,15H,5-7H2,1-2H3,(H,14,16)/b4-3+. The van der Waals surface area contributed by atoms with Gasteiger partial charge in [-0.05, 0) is 25.3 Å². The summed E-state index contributed by atoms with van der Waals surface area (Å²) in [6, 6.07) is 0. The minimum atomic E-state index is -0.110. The molecule has 0 aliphatic rings. The number of rotatable bonds is 6. The van der Waals surface area contributed by atoms with E-state index in [9.17, 15) is 4.79 Å². The maximum atomic E-state index is 11.5. The highest BCUT2D eigenvalue weighted by Gasteiger charge is 2.02. The van der Waals surface area contributed by atoms with Gasteiger partial charge in [0.2, 0.25) is 5.91 Å². The molecular weight excluding hydrogens is 236 g/mol. The summed E-state index contributed by atoms with van der Waals surface area (Å²) < 4.78 is 0. The highest BCUT2D eigenvalue weighted by molar-refractivity contribution is 7.12. The molecule has 0 fully saturated rings. The minimum absolute atomic E-state index is 0.110. The molecule has 0 radical (unpaired) electrons. The highest BCUT2D eigenvalue weighted by Crippen LogP contribution is 2.12. The number of aliphatic hydroxyl groups is 1. The van der Waals surface area contributed by atoms with Crippen molar-refractivity contribution >= 4 is 23.3 Å². The van der Waals surface area contributed by atoms with E-state index < -0.39 is 0 Å². The molecular formula is C12H18N2O2S. The van der Waals surface area contributed by atoms with E-state index >= 15 is 0 Å². The first-order chi connectivity index (χ1) is 8.11. The zero-order valence-electron chi connectivity index (χ0n) is 10.1. The van der Waals surface area contributed by atoms with Crippen LogP contribution in [0.15, 0.2) is 12.3 Å². The van der Waals surface area contributed by atoms with E-state index in [4.69, 9.17) is 5.11 Å². The molecule has 5 heteroatoms. The number of hydrogen-bond donors (Lipinski definition) is 2. The molecule has 0 aromatic carbocycles. The molecule has 1 heterocycles. The van der Waals surface area contributed by atoms with Gasteiger partial charge in [0.1, 0.15) is 0 Å². The molecule has 1 atom stereocenters. The van der Waals surface area contributed by atoms with Gasteiger partial charge in [-0.1, -0.05) is 6.92 Å². The zero-order chi connectivity index (χ0) is 12.7. The van der Waals surface area contributed by atoms with Crippen molar-refractivity contribution in [3.8, 4) is 0 Å². The number of amides is 1. The van der Waals surface area contributed by atoms with Gasteiger partial charge in [-0.25, -0.2) is 4.98 Å². The van der Waals surface area contributed by atoms with Crippen molar-refractivity contribution < 1.29 is 9.90 Å². The third-order valence-corrected chi connectivity index (χ3v) is 3.16. The SMILES string of the molecule is Cc1ncc(/C=C/C(=O)NCC(C)CCO)s1. The summed E-state index contributed by atoms with van der Waals surface area (Å²) in [7, 11) is 0. The van der Waals surface area contributed by atoms with Crippen LogP contribution in [0, 0.1) is 12.8 Å². The van der Waals surface area contributed by atoms with Crippen LogP contribution in [0.5, 0.6) is 0 Å². The molecule has 0 bridgehead atoms. The van der Waals surface area contributed by atoms with Crippen LogP contribution in [0.2, 0.25) is 0 Å². The van der Waals surface area contributed by atoms with E-state index in [1.54, 1.807) is 23.6 Å². The Labute approximate surface area is 105 Å². The van der Waals surface area contributed by atoms with Crippen molar-refractivity contribution in [2.75, 3.05) is 13.2 Å². The van der Waals surface area contributed by atoms with Crippen molar-refractivity contribution in [1.29, 1.82) is 0 Å². The van der Waals surface area contributed by atoms with Crippen molar-refractivity contribution in [1.82, 2.24) is 10.3 Å². The summed E-state index contributed by atoms with van der Waals surface area (Å²) >= 11 is 1.55. The number of carbonyl (C=O) groups excluding carboxylic acids is 1. The van der Waals surface area contributed by atoms with Crippen LogP contribution in [0.4, 0.5) is 0 Å². The van der Waals surface area contributed by atoms with Crippen LogP contribution in [-0.4, -0.2) is 29.1 Å². The van der Waals surface area contributed by atoms with E-state index in [0.717, 1.165) is 9.88 Å². The van der Waals surface area contributed by atoms with Crippen molar-refractivity contribution in [3.63, 3.8) is 0 Å². The van der Waals surface area contributed by atoms with Gasteiger partial charge in [-0.2, -0.15) is 0 Å². The van der Waals surface area contributed by atoms with Crippen molar-refractivity contribution in [2.24, 2.45) is 5.92 Å². The number of aryl methyl sites for hydroxylation is 1. The van der Waals surface area contributed by atoms with Crippen LogP contribution >= 0.6 is 11.3 Å². The Kier molecular flexibility index (Phi) is 5.86. The van der Waals surface area contributed by atoms with Crippen LogP contribution in [0.3, 0.4) is 0 Å². The number of hydrogen-bond acceptors (Lipinski definition) is 4. The third-order valence-electron chi connectivity index (χ3n) is 2.28. The molecule has 17 heavy (non-hydrogen) atoms. The lowest BCUT2D eigenvalue weighted by atomic mass is 10.1. The van der Waals surface area contributed by atoms with Gasteiger partial charge in [-0.3, -0.25) is 4.79 Å². The maximum Gasteiger partial charge on any atom is 0.244 e. The Morgan fingerprint density at radius 1 is 1.71 bits per heavy atom. The van der Waals surface area contributed by atoms with Crippen LogP contribution in [0.25, 0.3) is 6.08 Å². The van der Waals surface area contributed by atoms with Crippen LogP contribution in [-0.2, 0) is 4.79 Å². The highest BCUT2D eigenvalue weighted by atomic mass is 32.1. The second kappa shape index (κ2) is 7.19. The summed E-state index contributed by atoms with van der Waals surface area (Å²) in [4.78, 5) is 16.5. The lowest BCUT2D eigenvalue weighted by molar-refractivity contribution is -0.116. The third kappa shape index (κ3) is 5.60. The Morgan fingerprint density at radius 2 is 2.47 bits per heavy atom. The maximum absolute atomic E-state index is 11.5.